The Kier molecular flexibility index (Phi) is 5.02. The molecule has 2 saturated heterocycles. The molecule has 2 aliphatic heterocycles. The fraction of sp³-hybridized carbons (Fsp3) is 0.600. The lowest BCUT2D eigenvalue weighted by molar-refractivity contribution is -0.135. The summed E-state index contributed by atoms with van der Waals surface area (Å²) in [6.07, 6.45) is 2.89. The number of nitrogens with zero attached hydrogens (tertiary/aromatic N) is 3. The van der Waals surface area contributed by atoms with Crippen LogP contribution in [0.5, 0.6) is 5.88 Å². The molecule has 3 rings (SSSR count). The number of aromatic nitrogens is 1. The summed E-state index contributed by atoms with van der Waals surface area (Å²) in [5, 5.41) is 3.04. The third-order valence-electron chi connectivity index (χ3n) is 4.48. The zero-order chi connectivity index (χ0) is 17.2. The smallest absolute Gasteiger partial charge is 0.244 e. The van der Waals surface area contributed by atoms with Crippen LogP contribution < -0.4 is 10.1 Å². The van der Waals surface area contributed by atoms with Gasteiger partial charge >= 0.3 is 0 Å². The third kappa shape index (κ3) is 3.38. The van der Waals surface area contributed by atoms with Gasteiger partial charge in [0.25, 0.3) is 0 Å². The highest BCUT2D eigenvalue weighted by Gasteiger charge is 2.35. The third-order valence-corrected chi connectivity index (χ3v) is 6.33. The van der Waals surface area contributed by atoms with Crippen LogP contribution in [0.25, 0.3) is 0 Å². The fourth-order valence-corrected chi connectivity index (χ4v) is 4.65. The summed E-state index contributed by atoms with van der Waals surface area (Å²) in [6.45, 7) is 2.50. The Bertz CT molecular complexity index is 692. The maximum absolute atomic E-state index is 12.8. The lowest BCUT2D eigenvalue weighted by Gasteiger charge is -2.40. The van der Waals surface area contributed by atoms with Gasteiger partial charge in [-0.15, -0.1) is 0 Å². The van der Waals surface area contributed by atoms with Gasteiger partial charge in [-0.05, 0) is 18.9 Å². The zero-order valence-electron chi connectivity index (χ0n) is 13.6. The number of ether oxygens (including phenoxy) is 1. The number of amides is 1. The molecule has 0 saturated carbocycles. The Morgan fingerprint density at radius 1 is 1.33 bits per heavy atom. The summed E-state index contributed by atoms with van der Waals surface area (Å²) in [4.78, 5) is 18.0. The van der Waals surface area contributed by atoms with Gasteiger partial charge in [-0.1, -0.05) is 0 Å². The standard InChI is InChI=1S/C15H22N4O4S/c1-23-14-5-4-13(9-17-14)24(21,22)18-7-2-3-12(11-18)19-8-6-16-10-15(19)20/h4-5,9,12,16H,2-3,6-8,10-11H2,1H3. The molecule has 1 unspecified atom stereocenters. The van der Waals surface area contributed by atoms with Crippen molar-refractivity contribution in [2.45, 2.75) is 23.8 Å². The van der Waals surface area contributed by atoms with Gasteiger partial charge in [-0.3, -0.25) is 4.79 Å². The van der Waals surface area contributed by atoms with Gasteiger partial charge in [0.05, 0.1) is 19.9 Å². The van der Waals surface area contributed by atoms with Gasteiger partial charge in [-0.25, -0.2) is 13.4 Å². The number of carbonyl (C=O) groups excluding carboxylic acids is 1. The van der Waals surface area contributed by atoms with Crippen molar-refractivity contribution in [2.75, 3.05) is 39.8 Å². The van der Waals surface area contributed by atoms with Crippen LogP contribution in [0.1, 0.15) is 12.8 Å². The van der Waals surface area contributed by atoms with E-state index in [-0.39, 0.29) is 16.8 Å². The van der Waals surface area contributed by atoms with Crippen molar-refractivity contribution < 1.29 is 17.9 Å². The first-order valence-electron chi connectivity index (χ1n) is 8.03. The second kappa shape index (κ2) is 7.04. The number of piperazine rings is 1. The van der Waals surface area contributed by atoms with Crippen molar-refractivity contribution >= 4 is 15.9 Å². The molecule has 24 heavy (non-hydrogen) atoms. The molecule has 9 heteroatoms. The average Bonchev–Trinajstić information content (AvgIpc) is 2.62. The van der Waals surface area contributed by atoms with E-state index in [1.54, 1.807) is 0 Å². The molecule has 0 bridgehead atoms. The molecular formula is C15H22N4O4S. The number of hydrogen-bond acceptors (Lipinski definition) is 6. The van der Waals surface area contributed by atoms with Crippen LogP contribution in [-0.4, -0.2) is 74.4 Å². The van der Waals surface area contributed by atoms with Crippen LogP contribution in [0.4, 0.5) is 0 Å². The summed E-state index contributed by atoms with van der Waals surface area (Å²) in [6, 6.07) is 2.98. The summed E-state index contributed by atoms with van der Waals surface area (Å²) in [5.41, 5.74) is 0. The maximum Gasteiger partial charge on any atom is 0.244 e. The van der Waals surface area contributed by atoms with Crippen LogP contribution >= 0.6 is 0 Å². The van der Waals surface area contributed by atoms with Crippen molar-refractivity contribution in [3.05, 3.63) is 18.3 Å². The molecule has 1 aromatic heterocycles. The minimum Gasteiger partial charge on any atom is -0.481 e. The minimum atomic E-state index is -3.61. The summed E-state index contributed by atoms with van der Waals surface area (Å²) >= 11 is 0. The molecule has 2 aliphatic rings. The minimum absolute atomic E-state index is 0.0385. The van der Waals surface area contributed by atoms with Crippen molar-refractivity contribution in [3.63, 3.8) is 0 Å². The van der Waals surface area contributed by atoms with E-state index in [9.17, 15) is 13.2 Å². The lowest BCUT2D eigenvalue weighted by Crippen LogP contribution is -2.57. The molecule has 1 aromatic rings. The van der Waals surface area contributed by atoms with E-state index in [0.29, 0.717) is 32.1 Å². The number of pyridine rings is 1. The van der Waals surface area contributed by atoms with E-state index in [1.165, 1.54) is 29.7 Å². The molecular weight excluding hydrogens is 332 g/mol. The monoisotopic (exact) mass is 354 g/mol. The maximum atomic E-state index is 12.8. The predicted molar refractivity (Wildman–Crippen MR) is 87.2 cm³/mol. The van der Waals surface area contributed by atoms with Crippen LogP contribution in [0.15, 0.2) is 23.2 Å². The van der Waals surface area contributed by atoms with Crippen molar-refractivity contribution in [1.82, 2.24) is 19.5 Å². The van der Waals surface area contributed by atoms with Crippen LogP contribution in [0.2, 0.25) is 0 Å². The molecule has 1 amide bonds. The molecule has 0 spiro atoms. The quantitative estimate of drug-likeness (QED) is 0.796. The highest BCUT2D eigenvalue weighted by molar-refractivity contribution is 7.89. The highest BCUT2D eigenvalue weighted by atomic mass is 32.2. The Hall–Kier alpha value is -1.71. The van der Waals surface area contributed by atoms with Gasteiger partial charge in [-0.2, -0.15) is 4.31 Å². The van der Waals surface area contributed by atoms with Gasteiger partial charge in [0.2, 0.25) is 21.8 Å². The predicted octanol–water partition coefficient (Wildman–Crippen LogP) is -0.325. The Morgan fingerprint density at radius 2 is 2.17 bits per heavy atom. The van der Waals surface area contributed by atoms with Gasteiger partial charge in [0, 0.05) is 38.3 Å². The largest absolute Gasteiger partial charge is 0.481 e. The molecule has 0 radical (unpaired) electrons. The molecule has 0 aromatic carbocycles. The number of methoxy groups -OCH3 is 1. The van der Waals surface area contributed by atoms with E-state index in [2.05, 4.69) is 10.3 Å². The zero-order valence-corrected chi connectivity index (χ0v) is 14.5. The van der Waals surface area contributed by atoms with E-state index in [1.807, 2.05) is 4.90 Å². The first-order valence-corrected chi connectivity index (χ1v) is 9.47. The van der Waals surface area contributed by atoms with Crippen molar-refractivity contribution in [1.29, 1.82) is 0 Å². The first-order chi connectivity index (χ1) is 11.5. The molecule has 1 N–H and O–H groups in total. The SMILES string of the molecule is COc1ccc(S(=O)(=O)N2CCCC(N3CCNCC3=O)C2)cn1. The number of hydrogen-bond donors (Lipinski definition) is 1. The normalized spacial score (nSPS) is 23.3. The lowest BCUT2D eigenvalue weighted by atomic mass is 10.1. The summed E-state index contributed by atoms with van der Waals surface area (Å²) in [7, 11) is -2.13. The Labute approximate surface area is 141 Å². The first kappa shape index (κ1) is 17.1. The average molecular weight is 354 g/mol. The number of nitrogens with one attached hydrogen (secondary N) is 1. The van der Waals surface area contributed by atoms with Crippen LogP contribution in [-0.2, 0) is 14.8 Å². The van der Waals surface area contributed by atoms with Crippen LogP contribution in [0.3, 0.4) is 0 Å². The number of sulfonamides is 1. The summed E-state index contributed by atoms with van der Waals surface area (Å²) < 4.78 is 32.1. The van der Waals surface area contributed by atoms with E-state index >= 15 is 0 Å². The van der Waals surface area contributed by atoms with E-state index < -0.39 is 10.0 Å². The van der Waals surface area contributed by atoms with Crippen LogP contribution in [0, 0.1) is 0 Å². The van der Waals surface area contributed by atoms with Crippen molar-refractivity contribution in [2.24, 2.45) is 0 Å². The second-order valence-corrected chi connectivity index (χ2v) is 7.90. The number of rotatable bonds is 4. The van der Waals surface area contributed by atoms with Gasteiger partial charge in [0.15, 0.2) is 0 Å². The van der Waals surface area contributed by atoms with E-state index in [0.717, 1.165) is 19.4 Å². The summed E-state index contributed by atoms with van der Waals surface area (Å²) in [5.74, 6) is 0.411. The fourth-order valence-electron chi connectivity index (χ4n) is 3.19. The Morgan fingerprint density at radius 3 is 2.83 bits per heavy atom. The molecule has 0 aliphatic carbocycles. The van der Waals surface area contributed by atoms with Crippen molar-refractivity contribution in [3.8, 4) is 5.88 Å². The second-order valence-electron chi connectivity index (χ2n) is 5.96. The van der Waals surface area contributed by atoms with Gasteiger partial charge in [0.1, 0.15) is 4.90 Å². The number of carbonyl (C=O) groups is 1. The molecule has 1 atom stereocenters. The number of piperidine rings is 1. The molecule has 132 valence electrons. The van der Waals surface area contributed by atoms with E-state index in [4.69, 9.17) is 4.74 Å². The Balaban J connectivity index is 1.76. The molecule has 8 nitrogen and oxygen atoms in total. The molecule has 2 fully saturated rings. The highest BCUT2D eigenvalue weighted by Crippen LogP contribution is 2.24. The topological polar surface area (TPSA) is 91.8 Å². The molecule has 3 heterocycles. The van der Waals surface area contributed by atoms with Gasteiger partial charge < -0.3 is 15.0 Å².